The van der Waals surface area contributed by atoms with Crippen molar-refractivity contribution in [2.75, 3.05) is 25.6 Å². The molecule has 0 fully saturated rings. The normalized spacial score (nSPS) is 19.4. The molecule has 1 aliphatic rings. The van der Waals surface area contributed by atoms with E-state index in [4.69, 9.17) is 4.74 Å². The fourth-order valence-electron chi connectivity index (χ4n) is 2.15. The number of rotatable bonds is 3. The van der Waals surface area contributed by atoms with Gasteiger partial charge in [0, 0.05) is 25.9 Å². The summed E-state index contributed by atoms with van der Waals surface area (Å²) in [4.78, 5) is 0. The Hall–Kier alpha value is -1.22. The van der Waals surface area contributed by atoms with Gasteiger partial charge in [0.25, 0.3) is 0 Å². The van der Waals surface area contributed by atoms with Gasteiger partial charge in [-0.05, 0) is 42.5 Å². The largest absolute Gasteiger partial charge is 0.508 e. The minimum Gasteiger partial charge on any atom is -0.508 e. The molecule has 0 aliphatic carbocycles. The van der Waals surface area contributed by atoms with Gasteiger partial charge in [0.15, 0.2) is 0 Å². The highest BCUT2D eigenvalue weighted by Crippen LogP contribution is 2.35. The van der Waals surface area contributed by atoms with E-state index in [2.05, 4.69) is 5.32 Å². The highest BCUT2D eigenvalue weighted by Gasteiger charge is 2.19. The number of aromatic hydroxyl groups is 1. The van der Waals surface area contributed by atoms with Crippen molar-refractivity contribution in [2.24, 2.45) is 0 Å². The van der Waals surface area contributed by atoms with Crippen LogP contribution in [0, 0.1) is 0 Å². The molecule has 1 atom stereocenters. The molecule has 1 aliphatic heterocycles. The number of phenolic OH excluding ortho intramolecular Hbond substituents is 1. The second kappa shape index (κ2) is 4.53. The molecule has 2 rings (SSSR count). The number of hydrogen-bond acceptors (Lipinski definition) is 3. The molecule has 3 heteroatoms. The lowest BCUT2D eigenvalue weighted by atomic mass is 9.88. The second-order valence-electron chi connectivity index (χ2n) is 3.97. The van der Waals surface area contributed by atoms with Crippen molar-refractivity contribution in [3.63, 3.8) is 0 Å². The van der Waals surface area contributed by atoms with Gasteiger partial charge in [0.2, 0.25) is 0 Å². The second-order valence-corrected chi connectivity index (χ2v) is 3.97. The topological polar surface area (TPSA) is 41.5 Å². The van der Waals surface area contributed by atoms with E-state index in [1.54, 1.807) is 13.2 Å². The van der Waals surface area contributed by atoms with Gasteiger partial charge >= 0.3 is 0 Å². The van der Waals surface area contributed by atoms with Gasteiger partial charge in [-0.1, -0.05) is 0 Å². The molecule has 0 spiro atoms. The van der Waals surface area contributed by atoms with Gasteiger partial charge in [-0.3, -0.25) is 0 Å². The first kappa shape index (κ1) is 10.3. The molecule has 2 N–H and O–H groups in total. The standard InChI is InChI=1S/C12H17NO2/c1-15-7-5-9-4-6-13-12-3-2-10(14)8-11(9)12/h2-3,8-9,13-14H,4-7H2,1H3. The Morgan fingerprint density at radius 3 is 3.20 bits per heavy atom. The van der Waals surface area contributed by atoms with Gasteiger partial charge in [-0.15, -0.1) is 0 Å². The van der Waals surface area contributed by atoms with E-state index in [-0.39, 0.29) is 0 Å². The Bertz CT molecular complexity index is 338. The molecule has 0 bridgehead atoms. The molecule has 82 valence electrons. The number of fused-ring (bicyclic) bond motifs is 1. The van der Waals surface area contributed by atoms with E-state index in [0.717, 1.165) is 31.7 Å². The van der Waals surface area contributed by atoms with Crippen LogP contribution < -0.4 is 5.32 Å². The van der Waals surface area contributed by atoms with Gasteiger partial charge < -0.3 is 15.2 Å². The smallest absolute Gasteiger partial charge is 0.116 e. The molecule has 0 saturated carbocycles. The summed E-state index contributed by atoms with van der Waals surface area (Å²) in [5.41, 5.74) is 2.37. The summed E-state index contributed by atoms with van der Waals surface area (Å²) < 4.78 is 5.11. The Morgan fingerprint density at radius 1 is 1.53 bits per heavy atom. The lowest BCUT2D eigenvalue weighted by molar-refractivity contribution is 0.186. The first-order chi connectivity index (χ1) is 7.31. The van der Waals surface area contributed by atoms with Crippen molar-refractivity contribution >= 4 is 5.69 Å². The maximum atomic E-state index is 9.47. The van der Waals surface area contributed by atoms with Crippen LogP contribution in [0.4, 0.5) is 5.69 Å². The predicted molar refractivity (Wildman–Crippen MR) is 60.4 cm³/mol. The zero-order chi connectivity index (χ0) is 10.7. The molecule has 3 nitrogen and oxygen atoms in total. The average Bonchev–Trinajstić information content (AvgIpc) is 2.26. The lowest BCUT2D eigenvalue weighted by Gasteiger charge is -2.26. The zero-order valence-electron chi connectivity index (χ0n) is 8.99. The molecule has 0 radical (unpaired) electrons. The summed E-state index contributed by atoms with van der Waals surface area (Å²) >= 11 is 0. The fraction of sp³-hybridized carbons (Fsp3) is 0.500. The van der Waals surface area contributed by atoms with Crippen LogP contribution in [-0.2, 0) is 4.74 Å². The van der Waals surface area contributed by atoms with Crippen LogP contribution in [-0.4, -0.2) is 25.4 Å². The van der Waals surface area contributed by atoms with Crippen molar-refractivity contribution in [1.29, 1.82) is 0 Å². The number of anilines is 1. The zero-order valence-corrected chi connectivity index (χ0v) is 8.99. The van der Waals surface area contributed by atoms with Crippen LogP contribution in [0.2, 0.25) is 0 Å². The van der Waals surface area contributed by atoms with Crippen molar-refractivity contribution in [3.8, 4) is 5.75 Å². The van der Waals surface area contributed by atoms with E-state index < -0.39 is 0 Å². The fourth-order valence-corrected chi connectivity index (χ4v) is 2.15. The van der Waals surface area contributed by atoms with Crippen LogP contribution in [0.5, 0.6) is 5.75 Å². The minimum absolute atomic E-state index is 0.347. The maximum Gasteiger partial charge on any atom is 0.116 e. The minimum atomic E-state index is 0.347. The molecule has 1 aromatic rings. The third-order valence-electron chi connectivity index (χ3n) is 2.95. The molecule has 1 aromatic carbocycles. The molecule has 0 aromatic heterocycles. The van der Waals surface area contributed by atoms with Crippen LogP contribution in [0.1, 0.15) is 24.3 Å². The van der Waals surface area contributed by atoms with Crippen LogP contribution in [0.25, 0.3) is 0 Å². The molecule has 15 heavy (non-hydrogen) atoms. The monoisotopic (exact) mass is 207 g/mol. The van der Waals surface area contributed by atoms with Crippen molar-refractivity contribution in [1.82, 2.24) is 0 Å². The van der Waals surface area contributed by atoms with Crippen molar-refractivity contribution in [3.05, 3.63) is 23.8 Å². The van der Waals surface area contributed by atoms with Gasteiger partial charge in [-0.2, -0.15) is 0 Å². The molecule has 0 saturated heterocycles. The molecule has 1 heterocycles. The van der Waals surface area contributed by atoms with Crippen molar-refractivity contribution < 1.29 is 9.84 Å². The Morgan fingerprint density at radius 2 is 2.40 bits per heavy atom. The van der Waals surface area contributed by atoms with Crippen LogP contribution >= 0.6 is 0 Å². The number of phenols is 1. The third kappa shape index (κ3) is 2.23. The Kier molecular flexibility index (Phi) is 3.11. The van der Waals surface area contributed by atoms with E-state index >= 15 is 0 Å². The summed E-state index contributed by atoms with van der Waals surface area (Å²) in [7, 11) is 1.73. The SMILES string of the molecule is COCCC1CCNc2ccc(O)cc21. The van der Waals surface area contributed by atoms with Gasteiger partial charge in [0.05, 0.1) is 0 Å². The van der Waals surface area contributed by atoms with Gasteiger partial charge in [0.1, 0.15) is 5.75 Å². The number of benzene rings is 1. The Labute approximate surface area is 90.1 Å². The number of nitrogens with one attached hydrogen (secondary N) is 1. The van der Waals surface area contributed by atoms with Crippen molar-refractivity contribution in [2.45, 2.75) is 18.8 Å². The summed E-state index contributed by atoms with van der Waals surface area (Å²) in [5.74, 6) is 0.855. The average molecular weight is 207 g/mol. The predicted octanol–water partition coefficient (Wildman–Crippen LogP) is 2.33. The summed E-state index contributed by atoms with van der Waals surface area (Å²) in [5, 5.41) is 12.8. The summed E-state index contributed by atoms with van der Waals surface area (Å²) in [6.07, 6.45) is 2.13. The summed E-state index contributed by atoms with van der Waals surface area (Å²) in [6, 6.07) is 5.54. The van der Waals surface area contributed by atoms with Gasteiger partial charge in [-0.25, -0.2) is 0 Å². The summed E-state index contributed by atoms with van der Waals surface area (Å²) in [6.45, 7) is 1.78. The van der Waals surface area contributed by atoms with E-state index in [9.17, 15) is 5.11 Å². The van der Waals surface area contributed by atoms with Crippen LogP contribution in [0.3, 0.4) is 0 Å². The number of ether oxygens (including phenoxy) is 1. The van der Waals surface area contributed by atoms with E-state index in [1.165, 1.54) is 5.56 Å². The molecular weight excluding hydrogens is 190 g/mol. The highest BCUT2D eigenvalue weighted by atomic mass is 16.5. The number of hydrogen-bond donors (Lipinski definition) is 2. The molecule has 1 unspecified atom stereocenters. The quantitative estimate of drug-likeness (QED) is 0.747. The Balaban J connectivity index is 2.20. The third-order valence-corrected chi connectivity index (χ3v) is 2.95. The number of methoxy groups -OCH3 is 1. The molecule has 0 amide bonds. The van der Waals surface area contributed by atoms with E-state index in [1.807, 2.05) is 12.1 Å². The lowest BCUT2D eigenvalue weighted by Crippen LogP contribution is -2.17. The van der Waals surface area contributed by atoms with E-state index in [0.29, 0.717) is 11.7 Å². The maximum absolute atomic E-state index is 9.47. The first-order valence-corrected chi connectivity index (χ1v) is 5.37. The molecular formula is C12H17NO2. The van der Waals surface area contributed by atoms with Crippen LogP contribution in [0.15, 0.2) is 18.2 Å². The first-order valence-electron chi connectivity index (χ1n) is 5.37. The highest BCUT2D eigenvalue weighted by molar-refractivity contribution is 5.57.